The third-order valence-corrected chi connectivity index (χ3v) is 3.75. The Morgan fingerprint density at radius 2 is 2.00 bits per heavy atom. The first-order valence-electron chi connectivity index (χ1n) is 6.43. The summed E-state index contributed by atoms with van der Waals surface area (Å²) in [6.45, 7) is 1.17. The standard InChI is InChI=1S/C14H17N3O3S/c1-19-9-8-17-13(11-6-4-3-5-7-11)15-16-14(17)21-10-12(18)20-2/h3-7H,8-10H2,1-2H3. The molecule has 0 aliphatic carbocycles. The molecule has 0 bridgehead atoms. The number of carbonyl (C=O) groups is 1. The molecule has 0 saturated carbocycles. The molecule has 1 aromatic heterocycles. The van der Waals surface area contributed by atoms with Crippen LogP contribution in [0.1, 0.15) is 0 Å². The van der Waals surface area contributed by atoms with Crippen molar-refractivity contribution in [3.63, 3.8) is 0 Å². The van der Waals surface area contributed by atoms with E-state index in [0.717, 1.165) is 11.4 Å². The van der Waals surface area contributed by atoms with Crippen molar-refractivity contribution < 1.29 is 14.3 Å². The molecule has 7 heteroatoms. The number of methoxy groups -OCH3 is 2. The van der Waals surface area contributed by atoms with Gasteiger partial charge in [0.1, 0.15) is 0 Å². The normalized spacial score (nSPS) is 10.6. The van der Waals surface area contributed by atoms with Gasteiger partial charge < -0.3 is 9.47 Å². The van der Waals surface area contributed by atoms with Crippen molar-refractivity contribution in [1.29, 1.82) is 0 Å². The van der Waals surface area contributed by atoms with Crippen LogP contribution < -0.4 is 0 Å². The molecule has 0 atom stereocenters. The summed E-state index contributed by atoms with van der Waals surface area (Å²) < 4.78 is 11.7. The van der Waals surface area contributed by atoms with E-state index in [9.17, 15) is 4.79 Å². The lowest BCUT2D eigenvalue weighted by Gasteiger charge is -2.09. The molecule has 1 heterocycles. The Morgan fingerprint density at radius 3 is 2.67 bits per heavy atom. The summed E-state index contributed by atoms with van der Waals surface area (Å²) in [5, 5.41) is 9.07. The van der Waals surface area contributed by atoms with E-state index >= 15 is 0 Å². The van der Waals surface area contributed by atoms with E-state index in [1.165, 1.54) is 18.9 Å². The highest BCUT2D eigenvalue weighted by atomic mass is 32.2. The molecule has 2 rings (SSSR count). The number of nitrogens with zero attached hydrogens (tertiary/aromatic N) is 3. The predicted octanol–water partition coefficient (Wildman–Crippen LogP) is 1.86. The molecule has 0 fully saturated rings. The van der Waals surface area contributed by atoms with Crippen molar-refractivity contribution in [1.82, 2.24) is 14.8 Å². The Labute approximate surface area is 127 Å². The lowest BCUT2D eigenvalue weighted by atomic mass is 10.2. The van der Waals surface area contributed by atoms with Crippen LogP contribution in [0.2, 0.25) is 0 Å². The maximum absolute atomic E-state index is 11.3. The summed E-state index contributed by atoms with van der Waals surface area (Å²) in [6.07, 6.45) is 0. The van der Waals surface area contributed by atoms with Gasteiger partial charge in [-0.25, -0.2) is 0 Å². The van der Waals surface area contributed by atoms with E-state index in [2.05, 4.69) is 14.9 Å². The molecule has 0 spiro atoms. The Bertz CT molecular complexity index is 586. The van der Waals surface area contributed by atoms with Crippen molar-refractivity contribution in [3.8, 4) is 11.4 Å². The summed E-state index contributed by atoms with van der Waals surface area (Å²) in [6, 6.07) is 9.80. The number of aromatic nitrogens is 3. The topological polar surface area (TPSA) is 66.2 Å². The summed E-state index contributed by atoms with van der Waals surface area (Å²) in [5.41, 5.74) is 0.978. The van der Waals surface area contributed by atoms with Gasteiger partial charge in [0.05, 0.1) is 26.0 Å². The largest absolute Gasteiger partial charge is 0.468 e. The number of esters is 1. The zero-order chi connectivity index (χ0) is 15.1. The van der Waals surface area contributed by atoms with Gasteiger partial charge in [-0.1, -0.05) is 42.1 Å². The van der Waals surface area contributed by atoms with Crippen LogP contribution in [-0.2, 0) is 20.8 Å². The van der Waals surface area contributed by atoms with Crippen molar-refractivity contribution in [2.24, 2.45) is 0 Å². The molecule has 21 heavy (non-hydrogen) atoms. The van der Waals surface area contributed by atoms with E-state index < -0.39 is 0 Å². The molecule has 0 saturated heterocycles. The second-order valence-corrected chi connectivity index (χ2v) is 5.12. The highest BCUT2D eigenvalue weighted by Gasteiger charge is 2.15. The van der Waals surface area contributed by atoms with Gasteiger partial charge in [-0.15, -0.1) is 10.2 Å². The van der Waals surface area contributed by atoms with Crippen LogP contribution in [0.5, 0.6) is 0 Å². The number of hydrogen-bond donors (Lipinski definition) is 0. The molecular weight excluding hydrogens is 290 g/mol. The van der Waals surface area contributed by atoms with Crippen LogP contribution >= 0.6 is 11.8 Å². The smallest absolute Gasteiger partial charge is 0.316 e. The Hall–Kier alpha value is -1.86. The summed E-state index contributed by atoms with van der Waals surface area (Å²) >= 11 is 1.30. The maximum Gasteiger partial charge on any atom is 0.316 e. The fraction of sp³-hybridized carbons (Fsp3) is 0.357. The number of rotatable bonds is 7. The first-order chi connectivity index (χ1) is 10.3. The summed E-state index contributed by atoms with van der Waals surface area (Å²) in [4.78, 5) is 11.3. The van der Waals surface area contributed by atoms with Crippen molar-refractivity contribution in [2.45, 2.75) is 11.7 Å². The molecule has 1 aromatic carbocycles. The number of benzene rings is 1. The van der Waals surface area contributed by atoms with Crippen molar-refractivity contribution in [3.05, 3.63) is 30.3 Å². The number of thioether (sulfide) groups is 1. The minimum Gasteiger partial charge on any atom is -0.468 e. The zero-order valence-corrected chi connectivity index (χ0v) is 12.8. The van der Waals surface area contributed by atoms with Crippen LogP contribution in [0.25, 0.3) is 11.4 Å². The monoisotopic (exact) mass is 307 g/mol. The van der Waals surface area contributed by atoms with Crippen LogP contribution in [-0.4, -0.2) is 47.3 Å². The van der Waals surface area contributed by atoms with E-state index in [4.69, 9.17) is 4.74 Å². The van der Waals surface area contributed by atoms with E-state index in [-0.39, 0.29) is 11.7 Å². The average Bonchev–Trinajstić information content (AvgIpc) is 2.94. The Kier molecular flexibility index (Phi) is 5.77. The first kappa shape index (κ1) is 15.5. The third-order valence-electron chi connectivity index (χ3n) is 2.81. The molecule has 0 aliphatic heterocycles. The van der Waals surface area contributed by atoms with Gasteiger partial charge in [0.15, 0.2) is 11.0 Å². The SMILES string of the molecule is COCCn1c(SCC(=O)OC)nnc1-c1ccccc1. The highest BCUT2D eigenvalue weighted by Crippen LogP contribution is 2.23. The van der Waals surface area contributed by atoms with Crippen LogP contribution in [0.15, 0.2) is 35.5 Å². The molecule has 0 aliphatic rings. The van der Waals surface area contributed by atoms with Gasteiger partial charge in [-0.2, -0.15) is 0 Å². The quantitative estimate of drug-likeness (QED) is 0.574. The number of carbonyl (C=O) groups excluding carboxylic acids is 1. The molecule has 0 radical (unpaired) electrons. The van der Waals surface area contributed by atoms with E-state index in [0.29, 0.717) is 18.3 Å². The molecule has 0 amide bonds. The first-order valence-corrected chi connectivity index (χ1v) is 7.42. The van der Waals surface area contributed by atoms with Crippen LogP contribution in [0.3, 0.4) is 0 Å². The van der Waals surface area contributed by atoms with Gasteiger partial charge >= 0.3 is 5.97 Å². The van der Waals surface area contributed by atoms with Crippen molar-refractivity contribution >= 4 is 17.7 Å². The van der Waals surface area contributed by atoms with Gasteiger partial charge in [0.25, 0.3) is 0 Å². The lowest BCUT2D eigenvalue weighted by Crippen LogP contribution is -2.09. The average molecular weight is 307 g/mol. The molecule has 0 N–H and O–H groups in total. The second kappa shape index (κ2) is 7.80. The van der Waals surface area contributed by atoms with E-state index in [1.807, 2.05) is 34.9 Å². The van der Waals surface area contributed by atoms with Gasteiger partial charge in [0.2, 0.25) is 0 Å². The zero-order valence-electron chi connectivity index (χ0n) is 12.0. The summed E-state index contributed by atoms with van der Waals surface area (Å²) in [7, 11) is 3.02. The summed E-state index contributed by atoms with van der Waals surface area (Å²) in [5.74, 6) is 0.679. The van der Waals surface area contributed by atoms with E-state index in [1.54, 1.807) is 7.11 Å². The third kappa shape index (κ3) is 4.05. The lowest BCUT2D eigenvalue weighted by molar-refractivity contribution is -0.137. The number of ether oxygens (including phenoxy) is 2. The molecule has 6 nitrogen and oxygen atoms in total. The minimum absolute atomic E-state index is 0.205. The second-order valence-electron chi connectivity index (χ2n) is 4.18. The fourth-order valence-corrected chi connectivity index (χ4v) is 2.56. The number of hydrogen-bond acceptors (Lipinski definition) is 6. The highest BCUT2D eigenvalue weighted by molar-refractivity contribution is 7.99. The van der Waals surface area contributed by atoms with Gasteiger partial charge in [-0.3, -0.25) is 9.36 Å². The Morgan fingerprint density at radius 1 is 1.24 bits per heavy atom. The van der Waals surface area contributed by atoms with Crippen LogP contribution in [0.4, 0.5) is 0 Å². The predicted molar refractivity (Wildman–Crippen MR) is 80.1 cm³/mol. The minimum atomic E-state index is -0.289. The van der Waals surface area contributed by atoms with Gasteiger partial charge in [0, 0.05) is 12.7 Å². The Balaban J connectivity index is 2.24. The van der Waals surface area contributed by atoms with Crippen LogP contribution in [0, 0.1) is 0 Å². The van der Waals surface area contributed by atoms with Crippen molar-refractivity contribution in [2.75, 3.05) is 26.6 Å². The molecule has 2 aromatic rings. The maximum atomic E-state index is 11.3. The molecular formula is C14H17N3O3S. The fourth-order valence-electron chi connectivity index (χ4n) is 1.76. The van der Waals surface area contributed by atoms with Gasteiger partial charge in [-0.05, 0) is 0 Å². The molecule has 0 unspecified atom stereocenters. The molecule has 112 valence electrons.